The van der Waals surface area contributed by atoms with Crippen LogP contribution < -0.4 is 9.64 Å². The average Bonchev–Trinajstić information content (AvgIpc) is 3.14. The van der Waals surface area contributed by atoms with Gasteiger partial charge in [-0.15, -0.1) is 0 Å². The number of thioether (sulfide) groups is 1. The number of benzene rings is 2. The van der Waals surface area contributed by atoms with E-state index < -0.39 is 9.84 Å². The Morgan fingerprint density at radius 2 is 1.97 bits per heavy atom. The van der Waals surface area contributed by atoms with Crippen LogP contribution in [0.3, 0.4) is 0 Å². The zero-order chi connectivity index (χ0) is 21.5. The van der Waals surface area contributed by atoms with Crippen molar-refractivity contribution in [3.8, 4) is 5.75 Å². The summed E-state index contributed by atoms with van der Waals surface area (Å²) in [5, 5.41) is 0.785. The summed E-state index contributed by atoms with van der Waals surface area (Å²) in [7, 11) is -1.62. The fraction of sp³-hybridized carbons (Fsp3) is 0.333. The fourth-order valence-electron chi connectivity index (χ4n) is 3.72. The van der Waals surface area contributed by atoms with Crippen LogP contribution in [0.4, 0.5) is 5.69 Å². The number of aliphatic imine (C=N–C) groups is 1. The second-order valence-electron chi connectivity index (χ2n) is 7.44. The molecule has 0 aromatic heterocycles. The number of rotatable bonds is 4. The summed E-state index contributed by atoms with van der Waals surface area (Å²) in [6.07, 6.45) is 0.179. The zero-order valence-electron chi connectivity index (χ0n) is 16.5. The van der Waals surface area contributed by atoms with Crippen molar-refractivity contribution in [3.63, 3.8) is 0 Å². The third kappa shape index (κ3) is 4.36. The predicted octanol–water partition coefficient (Wildman–Crippen LogP) is 3.50. The van der Waals surface area contributed by atoms with Gasteiger partial charge in [0.25, 0.3) is 5.91 Å². The highest BCUT2D eigenvalue weighted by Gasteiger charge is 2.50. The molecule has 2 saturated heterocycles. The minimum Gasteiger partial charge on any atom is -0.495 e. The molecule has 9 heteroatoms. The maximum absolute atomic E-state index is 12.7. The SMILES string of the molecule is COc1ccc(Cl)cc1N1C(=NC(=O)Cc2ccc(C)cc2)S[C@@H]2CS(=O)(=O)C[C@H]21. The number of anilines is 1. The van der Waals surface area contributed by atoms with Gasteiger partial charge in [0, 0.05) is 10.3 Å². The molecule has 2 aromatic carbocycles. The Morgan fingerprint density at radius 3 is 2.67 bits per heavy atom. The lowest BCUT2D eigenvalue weighted by molar-refractivity contribution is -0.117. The molecule has 1 amide bonds. The number of ether oxygens (including phenoxy) is 1. The first-order valence-electron chi connectivity index (χ1n) is 9.42. The highest BCUT2D eigenvalue weighted by Crippen LogP contribution is 2.44. The van der Waals surface area contributed by atoms with Crippen molar-refractivity contribution in [3.05, 3.63) is 58.6 Å². The Bertz CT molecular complexity index is 1120. The molecule has 0 unspecified atom stereocenters. The van der Waals surface area contributed by atoms with Gasteiger partial charge >= 0.3 is 0 Å². The molecule has 2 atom stereocenters. The third-order valence-electron chi connectivity index (χ3n) is 5.16. The average molecular weight is 465 g/mol. The van der Waals surface area contributed by atoms with Crippen molar-refractivity contribution in [1.82, 2.24) is 0 Å². The number of carbonyl (C=O) groups is 1. The molecule has 0 spiro atoms. The van der Waals surface area contributed by atoms with Gasteiger partial charge in [-0.3, -0.25) is 4.79 Å². The summed E-state index contributed by atoms with van der Waals surface area (Å²) in [4.78, 5) is 18.9. The van der Waals surface area contributed by atoms with Crippen LogP contribution in [-0.2, 0) is 21.1 Å². The van der Waals surface area contributed by atoms with Gasteiger partial charge in [0.1, 0.15) is 5.75 Å². The number of halogens is 1. The van der Waals surface area contributed by atoms with E-state index in [1.807, 2.05) is 31.2 Å². The summed E-state index contributed by atoms with van der Waals surface area (Å²) >= 11 is 7.54. The zero-order valence-corrected chi connectivity index (χ0v) is 18.9. The number of nitrogens with zero attached hydrogens (tertiary/aromatic N) is 2. The van der Waals surface area contributed by atoms with Crippen LogP contribution in [0.5, 0.6) is 5.75 Å². The second kappa shape index (κ2) is 8.24. The first kappa shape index (κ1) is 21.2. The molecule has 2 heterocycles. The van der Waals surface area contributed by atoms with Crippen LogP contribution in [0.25, 0.3) is 0 Å². The van der Waals surface area contributed by atoms with Gasteiger partial charge in [0.2, 0.25) is 0 Å². The van der Waals surface area contributed by atoms with Gasteiger partial charge in [-0.2, -0.15) is 4.99 Å². The molecule has 0 aliphatic carbocycles. The van der Waals surface area contributed by atoms with Crippen molar-refractivity contribution in [2.45, 2.75) is 24.6 Å². The van der Waals surface area contributed by atoms with Gasteiger partial charge in [-0.25, -0.2) is 8.42 Å². The topological polar surface area (TPSA) is 76.0 Å². The van der Waals surface area contributed by atoms with E-state index in [1.54, 1.807) is 23.1 Å². The smallest absolute Gasteiger partial charge is 0.252 e. The molecule has 2 aliphatic rings. The first-order valence-corrected chi connectivity index (χ1v) is 12.5. The molecular weight excluding hydrogens is 444 g/mol. The maximum atomic E-state index is 12.7. The molecule has 2 fully saturated rings. The quantitative estimate of drug-likeness (QED) is 0.689. The summed E-state index contributed by atoms with van der Waals surface area (Å²) < 4.78 is 29.9. The minimum atomic E-state index is -3.16. The number of methoxy groups -OCH3 is 1. The Morgan fingerprint density at radius 1 is 1.23 bits per heavy atom. The van der Waals surface area contributed by atoms with Crippen LogP contribution in [0, 0.1) is 6.92 Å². The van der Waals surface area contributed by atoms with Gasteiger partial charge < -0.3 is 9.64 Å². The van der Waals surface area contributed by atoms with Crippen molar-refractivity contribution >= 4 is 50.0 Å². The van der Waals surface area contributed by atoms with E-state index in [2.05, 4.69) is 4.99 Å². The molecule has 2 aliphatic heterocycles. The lowest BCUT2D eigenvalue weighted by Crippen LogP contribution is -2.38. The van der Waals surface area contributed by atoms with Crippen LogP contribution in [0.15, 0.2) is 47.5 Å². The third-order valence-corrected chi connectivity index (χ3v) is 8.61. The number of amides is 1. The van der Waals surface area contributed by atoms with Crippen molar-refractivity contribution in [2.24, 2.45) is 4.99 Å². The molecule has 30 heavy (non-hydrogen) atoms. The lowest BCUT2D eigenvalue weighted by Gasteiger charge is -2.26. The summed E-state index contributed by atoms with van der Waals surface area (Å²) in [5.41, 5.74) is 2.62. The van der Waals surface area contributed by atoms with E-state index in [-0.39, 0.29) is 35.1 Å². The van der Waals surface area contributed by atoms with Crippen LogP contribution in [-0.4, -0.2) is 49.4 Å². The Labute approximate surface area is 185 Å². The number of fused-ring (bicyclic) bond motifs is 1. The summed E-state index contributed by atoms with van der Waals surface area (Å²) in [6, 6.07) is 12.6. The van der Waals surface area contributed by atoms with Crippen molar-refractivity contribution < 1.29 is 17.9 Å². The second-order valence-corrected chi connectivity index (χ2v) is 11.2. The minimum absolute atomic E-state index is 0.00546. The van der Waals surface area contributed by atoms with Crippen molar-refractivity contribution in [1.29, 1.82) is 0 Å². The number of hydrogen-bond donors (Lipinski definition) is 0. The largest absolute Gasteiger partial charge is 0.495 e. The molecule has 0 saturated carbocycles. The van der Waals surface area contributed by atoms with Crippen LogP contribution >= 0.6 is 23.4 Å². The number of sulfone groups is 1. The van der Waals surface area contributed by atoms with E-state index in [0.29, 0.717) is 21.6 Å². The lowest BCUT2D eigenvalue weighted by atomic mass is 10.1. The molecule has 0 radical (unpaired) electrons. The molecule has 0 bridgehead atoms. The Kier molecular flexibility index (Phi) is 5.83. The van der Waals surface area contributed by atoms with Crippen LogP contribution in [0.1, 0.15) is 11.1 Å². The predicted molar refractivity (Wildman–Crippen MR) is 122 cm³/mol. The summed E-state index contributed by atoms with van der Waals surface area (Å²) in [6.45, 7) is 1.99. The van der Waals surface area contributed by atoms with E-state index >= 15 is 0 Å². The molecule has 158 valence electrons. The van der Waals surface area contributed by atoms with Gasteiger partial charge in [-0.05, 0) is 30.7 Å². The van der Waals surface area contributed by atoms with Gasteiger partial charge in [-0.1, -0.05) is 53.2 Å². The normalized spacial score (nSPS) is 23.6. The van der Waals surface area contributed by atoms with E-state index in [1.165, 1.54) is 18.9 Å². The van der Waals surface area contributed by atoms with Gasteiger partial charge in [0.05, 0.1) is 36.8 Å². The fourth-order valence-corrected chi connectivity index (χ4v) is 7.81. The Balaban J connectivity index is 1.69. The highest BCUT2D eigenvalue weighted by molar-refractivity contribution is 8.16. The number of aryl methyl sites for hydroxylation is 1. The van der Waals surface area contributed by atoms with E-state index in [4.69, 9.17) is 16.3 Å². The van der Waals surface area contributed by atoms with E-state index in [9.17, 15) is 13.2 Å². The van der Waals surface area contributed by atoms with E-state index in [0.717, 1.165) is 11.1 Å². The van der Waals surface area contributed by atoms with Gasteiger partial charge in [0.15, 0.2) is 15.0 Å². The molecule has 4 rings (SSSR count). The Hall–Kier alpha value is -2.03. The molecule has 0 N–H and O–H groups in total. The van der Waals surface area contributed by atoms with Crippen molar-refractivity contribution in [2.75, 3.05) is 23.5 Å². The number of carbonyl (C=O) groups excluding carboxylic acids is 1. The molecular formula is C21H21ClN2O4S2. The highest BCUT2D eigenvalue weighted by atomic mass is 35.5. The first-order chi connectivity index (χ1) is 14.3. The molecule has 6 nitrogen and oxygen atoms in total. The number of hydrogen-bond acceptors (Lipinski definition) is 5. The summed E-state index contributed by atoms with van der Waals surface area (Å²) in [5.74, 6) is 0.331. The maximum Gasteiger partial charge on any atom is 0.252 e. The van der Waals surface area contributed by atoms with Crippen LogP contribution in [0.2, 0.25) is 5.02 Å². The monoisotopic (exact) mass is 464 g/mol. The standard InChI is InChI=1S/C21H21ClN2O4S2/c1-13-3-5-14(6-4-13)9-20(25)23-21-24(16-10-15(22)7-8-18(16)28-2)17-11-30(26,27)12-19(17)29-21/h3-8,10,17,19H,9,11-12H2,1-2H3/t17-,19-/m1/s1. The number of amidine groups is 1. The molecule has 2 aromatic rings.